The van der Waals surface area contributed by atoms with E-state index in [-0.39, 0.29) is 34.9 Å². The molecule has 6 nitrogen and oxygen atoms in total. The fourth-order valence-electron chi connectivity index (χ4n) is 0.287. The molecule has 0 radical (unpaired) electrons. The van der Waals surface area contributed by atoms with Crippen molar-refractivity contribution in [2.75, 3.05) is 39.6 Å². The summed E-state index contributed by atoms with van der Waals surface area (Å²) in [7, 11) is 0. The average Bonchev–Trinajstić information content (AvgIpc) is 2.52. The van der Waals surface area contributed by atoms with Crippen molar-refractivity contribution < 1.29 is 51.0 Å². The minimum absolute atomic E-state index is 0. The van der Waals surface area contributed by atoms with Crippen molar-refractivity contribution in [2.45, 2.75) is 41.5 Å². The van der Waals surface area contributed by atoms with Gasteiger partial charge in [-0.2, -0.15) is 0 Å². The molecule has 0 aliphatic carbocycles. The van der Waals surface area contributed by atoms with Crippen molar-refractivity contribution in [3.05, 3.63) is 0 Å². The van der Waals surface area contributed by atoms with E-state index >= 15 is 0 Å². The number of rotatable bonds is 8. The number of carbonyl (C=O) groups excluding carboxylic acids is 2. The zero-order valence-corrected chi connectivity index (χ0v) is 17.0. The van der Waals surface area contributed by atoms with Gasteiger partial charge < -0.3 is 29.3 Å². The molecule has 0 saturated carbocycles. The molecule has 0 aromatic heterocycles. The molecule has 0 aliphatic rings. The maximum atomic E-state index is 9.31. The van der Waals surface area contributed by atoms with Gasteiger partial charge in [0.25, 0.3) is 0 Å². The topological polar surface area (TPSA) is 93.1 Å². The third-order valence-corrected chi connectivity index (χ3v) is 1.46. The first kappa shape index (κ1) is 34.3. The summed E-state index contributed by atoms with van der Waals surface area (Å²) in [4.78, 5) is 18.6. The molecule has 2 N–H and O–H groups in total. The second-order valence-corrected chi connectivity index (χ2v) is 4.72. The zero-order valence-electron chi connectivity index (χ0n) is 15.4. The van der Waals surface area contributed by atoms with E-state index in [4.69, 9.17) is 10.2 Å². The Labute approximate surface area is 156 Å². The van der Waals surface area contributed by atoms with E-state index in [1.54, 1.807) is 12.6 Å². The van der Waals surface area contributed by atoms with Gasteiger partial charge in [-0.1, -0.05) is 27.7 Å². The molecule has 0 heterocycles. The second kappa shape index (κ2) is 37.8. The quantitative estimate of drug-likeness (QED) is 0.382. The SMILES string of the molecule is CC(C)CO.CC(C)CO.CCOC[C-]=O.CCOC[C-]=O.[Ti+2]. The monoisotopic (exact) mass is 370 g/mol. The standard InChI is InChI=1S/2C4H7O2.2C4H10O.Ti/c2*1-2-6-4-3-5;2*1-4(2)3-5;/h2*2,4H2,1H3;2*4-5H,3H2,1-2H3;/q2*-1;;;+2. The Bertz CT molecular complexity index is 169. The molecule has 0 atom stereocenters. The largest absolute Gasteiger partial charge is 2.00 e. The van der Waals surface area contributed by atoms with E-state index in [0.29, 0.717) is 38.3 Å². The van der Waals surface area contributed by atoms with Gasteiger partial charge in [0.1, 0.15) is 0 Å². The van der Waals surface area contributed by atoms with Gasteiger partial charge in [0.05, 0.1) is 0 Å². The van der Waals surface area contributed by atoms with Crippen molar-refractivity contribution in [1.29, 1.82) is 0 Å². The third kappa shape index (κ3) is 88.5. The van der Waals surface area contributed by atoms with E-state index < -0.39 is 0 Å². The molecule has 138 valence electrons. The van der Waals surface area contributed by atoms with E-state index in [2.05, 4.69) is 9.47 Å². The number of hydrogen-bond acceptors (Lipinski definition) is 6. The molecule has 0 aromatic carbocycles. The Hall–Kier alpha value is -0.106. The van der Waals surface area contributed by atoms with Crippen molar-refractivity contribution in [1.82, 2.24) is 0 Å². The normalized spacial score (nSPS) is 8.43. The molecule has 23 heavy (non-hydrogen) atoms. The van der Waals surface area contributed by atoms with Crippen LogP contribution in [0.25, 0.3) is 0 Å². The number of ether oxygens (including phenoxy) is 2. The van der Waals surface area contributed by atoms with E-state index in [1.807, 2.05) is 41.5 Å². The minimum atomic E-state index is 0. The smallest absolute Gasteiger partial charge is 0.540 e. The minimum Gasteiger partial charge on any atom is -0.540 e. The third-order valence-electron chi connectivity index (χ3n) is 1.46. The predicted octanol–water partition coefficient (Wildman–Crippen LogP) is 1.53. The van der Waals surface area contributed by atoms with Gasteiger partial charge in [-0.3, -0.25) is 0 Å². The van der Waals surface area contributed by atoms with E-state index in [9.17, 15) is 9.59 Å². The molecule has 0 fully saturated rings. The summed E-state index contributed by atoms with van der Waals surface area (Å²) < 4.78 is 9.12. The summed E-state index contributed by atoms with van der Waals surface area (Å²) in [5.41, 5.74) is 0. The van der Waals surface area contributed by atoms with Crippen LogP contribution in [0, 0.1) is 11.8 Å². The van der Waals surface area contributed by atoms with Gasteiger partial charge in [-0.15, -0.1) is 0 Å². The molecule has 0 saturated heterocycles. The molecular weight excluding hydrogens is 336 g/mol. The Morgan fingerprint density at radius 1 is 0.783 bits per heavy atom. The Balaban J connectivity index is -0.0000000620. The maximum Gasteiger partial charge on any atom is 2.00 e. The first-order chi connectivity index (χ1) is 10.4. The number of aliphatic hydroxyl groups is 2. The van der Waals surface area contributed by atoms with Crippen molar-refractivity contribution >= 4 is 12.6 Å². The molecule has 7 heteroatoms. The van der Waals surface area contributed by atoms with Crippen molar-refractivity contribution in [3.8, 4) is 0 Å². The van der Waals surface area contributed by atoms with Gasteiger partial charge in [-0.25, -0.2) is 12.6 Å². The van der Waals surface area contributed by atoms with Crippen LogP contribution in [0.1, 0.15) is 41.5 Å². The van der Waals surface area contributed by atoms with Crippen LogP contribution in [0.2, 0.25) is 0 Å². The van der Waals surface area contributed by atoms with Crippen molar-refractivity contribution in [2.24, 2.45) is 11.8 Å². The van der Waals surface area contributed by atoms with Crippen LogP contribution >= 0.6 is 0 Å². The summed E-state index contributed by atoms with van der Waals surface area (Å²) in [6.07, 6.45) is 3.19. The van der Waals surface area contributed by atoms with Crippen LogP contribution in [0.15, 0.2) is 0 Å². The van der Waals surface area contributed by atoms with Crippen LogP contribution in [0.5, 0.6) is 0 Å². The van der Waals surface area contributed by atoms with Crippen molar-refractivity contribution in [3.63, 3.8) is 0 Å². The van der Waals surface area contributed by atoms with Crippen LogP contribution in [0.3, 0.4) is 0 Å². The molecule has 0 bridgehead atoms. The van der Waals surface area contributed by atoms with Crippen LogP contribution in [-0.4, -0.2) is 62.4 Å². The van der Waals surface area contributed by atoms with E-state index in [0.717, 1.165) is 0 Å². The van der Waals surface area contributed by atoms with Gasteiger partial charge in [-0.05, 0) is 38.9 Å². The maximum absolute atomic E-state index is 9.31. The van der Waals surface area contributed by atoms with Crippen LogP contribution in [0.4, 0.5) is 0 Å². The molecule has 0 amide bonds. The Kier molecular flexibility index (Phi) is 56.4. The number of aliphatic hydroxyl groups excluding tert-OH is 2. The average molecular weight is 370 g/mol. The number of hydrogen-bond donors (Lipinski definition) is 2. The molecule has 0 rings (SSSR count). The Morgan fingerprint density at radius 2 is 1.00 bits per heavy atom. The van der Waals surface area contributed by atoms with Crippen LogP contribution in [-0.2, 0) is 40.8 Å². The molecule has 0 unspecified atom stereocenters. The fraction of sp³-hybridized carbons (Fsp3) is 0.875. The summed E-state index contributed by atoms with van der Waals surface area (Å²) >= 11 is 0. The predicted molar refractivity (Wildman–Crippen MR) is 88.2 cm³/mol. The summed E-state index contributed by atoms with van der Waals surface area (Å²) in [5.74, 6) is 0.880. The second-order valence-electron chi connectivity index (χ2n) is 4.72. The molecule has 0 aliphatic heterocycles. The summed E-state index contributed by atoms with van der Waals surface area (Å²) in [6.45, 7) is 13.6. The zero-order chi connectivity index (χ0) is 18.2. The first-order valence-corrected chi connectivity index (χ1v) is 7.44. The Morgan fingerprint density at radius 3 is 1.04 bits per heavy atom. The van der Waals surface area contributed by atoms with Gasteiger partial charge in [0.2, 0.25) is 0 Å². The van der Waals surface area contributed by atoms with E-state index in [1.165, 1.54) is 0 Å². The molecular formula is C16H34O6Ti. The summed E-state index contributed by atoms with van der Waals surface area (Å²) in [6, 6.07) is 0. The molecule has 0 spiro atoms. The molecule has 0 aromatic rings. The summed E-state index contributed by atoms with van der Waals surface area (Å²) in [5, 5.41) is 16.3. The van der Waals surface area contributed by atoms with Crippen LogP contribution < -0.4 is 0 Å². The fourth-order valence-corrected chi connectivity index (χ4v) is 0.287. The van der Waals surface area contributed by atoms with Gasteiger partial charge >= 0.3 is 21.7 Å². The van der Waals surface area contributed by atoms with Gasteiger partial charge in [0, 0.05) is 26.4 Å². The van der Waals surface area contributed by atoms with Gasteiger partial charge in [0.15, 0.2) is 0 Å². The first-order valence-electron chi connectivity index (χ1n) is 7.44.